The first-order valence-electron chi connectivity index (χ1n) is 4.05. The van der Waals surface area contributed by atoms with E-state index in [1.807, 2.05) is 41.5 Å². The lowest BCUT2D eigenvalue weighted by molar-refractivity contribution is 0.233. The average Bonchev–Trinajstić information content (AvgIpc) is 1.96. The average molecular weight is 146 g/mol. The lowest BCUT2D eigenvalue weighted by atomic mass is 10.6. The van der Waals surface area contributed by atoms with Crippen molar-refractivity contribution in [1.29, 1.82) is 0 Å². The molecule has 0 bridgehead atoms. The van der Waals surface area contributed by atoms with Crippen LogP contribution in [0.25, 0.3) is 0 Å². The molecule has 0 unspecified atom stereocenters. The number of hydrogen-bond acceptors (Lipinski definition) is 1. The Morgan fingerprint density at radius 1 is 1.20 bits per heavy atom. The Hall–Kier alpha value is -0.460. The highest BCUT2D eigenvalue weighted by atomic mass is 16.5. The Balaban J connectivity index is -0.000000105. The molecule has 0 radical (unpaired) electrons. The summed E-state index contributed by atoms with van der Waals surface area (Å²) in [5, 5.41) is 0. The Labute approximate surface area is 66.1 Å². The first-order chi connectivity index (χ1) is 4.77. The molecule has 0 saturated heterocycles. The Morgan fingerprint density at radius 3 is 1.50 bits per heavy atom. The summed E-state index contributed by atoms with van der Waals surface area (Å²) in [6, 6.07) is 0. The van der Waals surface area contributed by atoms with Gasteiger partial charge >= 0.3 is 0 Å². The van der Waals surface area contributed by atoms with Crippen molar-refractivity contribution < 1.29 is 4.74 Å². The zero-order valence-corrected chi connectivity index (χ0v) is 8.32. The van der Waals surface area contributed by atoms with Crippen LogP contribution < -0.4 is 0 Å². The van der Waals surface area contributed by atoms with Gasteiger partial charge in [0.1, 0.15) is 0 Å². The van der Waals surface area contributed by atoms with E-state index in [2.05, 4.69) is 6.58 Å². The predicted octanol–water partition coefficient (Wildman–Crippen LogP) is 3.61. The summed E-state index contributed by atoms with van der Waals surface area (Å²) in [6.45, 7) is 16.0. The molecular formula is C9H22O. The van der Waals surface area contributed by atoms with Crippen molar-refractivity contribution in [2.45, 2.75) is 41.5 Å². The minimum absolute atomic E-state index is 0.731. The molecule has 0 spiro atoms. The zero-order valence-electron chi connectivity index (χ0n) is 8.32. The maximum atomic E-state index is 4.85. The smallest absolute Gasteiger partial charge is 0.0857 e. The van der Waals surface area contributed by atoms with E-state index in [1.54, 1.807) is 0 Å². The third kappa shape index (κ3) is 50.0. The highest BCUT2D eigenvalue weighted by molar-refractivity contribution is 4.72. The van der Waals surface area contributed by atoms with Gasteiger partial charge in [-0.25, -0.2) is 0 Å². The van der Waals surface area contributed by atoms with Gasteiger partial charge in [-0.1, -0.05) is 34.3 Å². The van der Waals surface area contributed by atoms with E-state index in [4.69, 9.17) is 4.74 Å². The van der Waals surface area contributed by atoms with E-state index >= 15 is 0 Å². The van der Waals surface area contributed by atoms with Crippen molar-refractivity contribution in [3.05, 3.63) is 12.3 Å². The quantitative estimate of drug-likeness (QED) is 0.541. The van der Waals surface area contributed by atoms with Gasteiger partial charge in [0.15, 0.2) is 0 Å². The fraction of sp³-hybridized carbons (Fsp3) is 0.778. The van der Waals surface area contributed by atoms with E-state index < -0.39 is 0 Å². The van der Waals surface area contributed by atoms with Gasteiger partial charge in [0.2, 0.25) is 0 Å². The first-order valence-corrected chi connectivity index (χ1v) is 4.05. The van der Waals surface area contributed by atoms with Gasteiger partial charge in [0.05, 0.1) is 12.4 Å². The molecule has 0 amide bonds. The summed E-state index contributed by atoms with van der Waals surface area (Å²) < 4.78 is 4.85. The number of hydrogen-bond donors (Lipinski definition) is 0. The summed E-state index contributed by atoms with van der Waals surface area (Å²) in [7, 11) is 0. The van der Waals surface area contributed by atoms with Gasteiger partial charge in [-0.2, -0.15) is 0 Å². The molecule has 1 nitrogen and oxygen atoms in total. The summed E-state index contributed by atoms with van der Waals surface area (Å²) >= 11 is 0. The topological polar surface area (TPSA) is 9.23 Å². The normalized spacial score (nSPS) is 5.80. The number of ether oxygens (including phenoxy) is 1. The fourth-order valence-corrected chi connectivity index (χ4v) is 0.246. The molecule has 0 N–H and O–H groups in total. The van der Waals surface area contributed by atoms with Crippen molar-refractivity contribution in [3.8, 4) is 0 Å². The van der Waals surface area contributed by atoms with E-state index in [0.717, 1.165) is 12.4 Å². The minimum atomic E-state index is 0.731. The predicted molar refractivity (Wildman–Crippen MR) is 49.1 cm³/mol. The van der Waals surface area contributed by atoms with Crippen molar-refractivity contribution in [1.82, 2.24) is 0 Å². The minimum Gasteiger partial charge on any atom is -0.499 e. The molecule has 0 heterocycles. The molecule has 0 aromatic carbocycles. The van der Waals surface area contributed by atoms with Crippen molar-refractivity contribution in [3.63, 3.8) is 0 Å². The molecule has 0 atom stereocenters. The summed E-state index contributed by atoms with van der Waals surface area (Å²) in [4.78, 5) is 0. The molecule has 10 heavy (non-hydrogen) atoms. The second kappa shape index (κ2) is 23.6. The Kier molecular flexibility index (Phi) is 38.3. The Bertz CT molecular complexity index is 48.7. The molecule has 0 aliphatic carbocycles. The zero-order chi connectivity index (χ0) is 8.99. The highest BCUT2D eigenvalue weighted by Gasteiger charge is 1.73. The second-order valence-corrected chi connectivity index (χ2v) is 1.14. The fourth-order valence-electron chi connectivity index (χ4n) is 0.246. The summed E-state index contributed by atoms with van der Waals surface area (Å²) in [6.07, 6.45) is 0. The van der Waals surface area contributed by atoms with Crippen molar-refractivity contribution in [2.24, 2.45) is 0 Å². The lowest BCUT2D eigenvalue weighted by Crippen LogP contribution is -1.81. The van der Waals surface area contributed by atoms with Gasteiger partial charge < -0.3 is 4.74 Å². The highest BCUT2D eigenvalue weighted by Crippen LogP contribution is 1.85. The van der Waals surface area contributed by atoms with Crippen LogP contribution in [0.4, 0.5) is 0 Å². The summed E-state index contributed by atoms with van der Waals surface area (Å²) in [5.41, 5.74) is 0. The second-order valence-electron chi connectivity index (χ2n) is 1.14. The van der Waals surface area contributed by atoms with Crippen LogP contribution in [-0.2, 0) is 4.74 Å². The molecule has 0 saturated carbocycles. The first kappa shape index (κ1) is 16.3. The van der Waals surface area contributed by atoms with Crippen molar-refractivity contribution in [2.75, 3.05) is 6.61 Å². The molecule has 0 fully saturated rings. The van der Waals surface area contributed by atoms with Gasteiger partial charge in [-0.15, -0.1) is 0 Å². The number of allylic oxidation sites excluding steroid dienone is 1. The maximum absolute atomic E-state index is 4.85. The van der Waals surface area contributed by atoms with Crippen LogP contribution in [0.1, 0.15) is 41.5 Å². The molecule has 0 rings (SSSR count). The van der Waals surface area contributed by atoms with Crippen LogP contribution in [0.2, 0.25) is 0 Å². The molecule has 0 aromatic heterocycles. The maximum Gasteiger partial charge on any atom is 0.0857 e. The monoisotopic (exact) mass is 146 g/mol. The van der Waals surface area contributed by atoms with E-state index in [-0.39, 0.29) is 0 Å². The van der Waals surface area contributed by atoms with Crippen LogP contribution in [-0.4, -0.2) is 6.61 Å². The molecule has 0 aliphatic heterocycles. The largest absolute Gasteiger partial charge is 0.499 e. The third-order valence-corrected chi connectivity index (χ3v) is 0.391. The molecular weight excluding hydrogens is 124 g/mol. The van der Waals surface area contributed by atoms with E-state index in [9.17, 15) is 0 Å². The van der Waals surface area contributed by atoms with Gasteiger partial charge in [0.25, 0.3) is 0 Å². The molecule has 0 aliphatic rings. The van der Waals surface area contributed by atoms with Crippen LogP contribution in [0, 0.1) is 0 Å². The lowest BCUT2D eigenvalue weighted by Gasteiger charge is -1.95. The molecule has 64 valence electrons. The Morgan fingerprint density at radius 2 is 1.50 bits per heavy atom. The van der Waals surface area contributed by atoms with E-state index in [1.165, 1.54) is 0 Å². The SMILES string of the molecule is C=C(C)OCC.CC.CC. The molecule has 0 aromatic rings. The van der Waals surface area contributed by atoms with Gasteiger partial charge in [-0.05, 0) is 13.8 Å². The third-order valence-electron chi connectivity index (χ3n) is 0.391. The van der Waals surface area contributed by atoms with Gasteiger partial charge in [0, 0.05) is 0 Å². The van der Waals surface area contributed by atoms with Crippen LogP contribution in [0.3, 0.4) is 0 Å². The molecule has 1 heteroatoms. The van der Waals surface area contributed by atoms with Crippen molar-refractivity contribution >= 4 is 0 Å². The van der Waals surface area contributed by atoms with Crippen LogP contribution >= 0.6 is 0 Å². The standard InChI is InChI=1S/C5H10O.2C2H6/c1-4-6-5(2)3;2*1-2/h2,4H2,1,3H3;2*1-2H3. The van der Waals surface area contributed by atoms with Crippen LogP contribution in [0.5, 0.6) is 0 Å². The van der Waals surface area contributed by atoms with E-state index in [0.29, 0.717) is 0 Å². The van der Waals surface area contributed by atoms with Gasteiger partial charge in [-0.3, -0.25) is 0 Å². The van der Waals surface area contributed by atoms with Crippen LogP contribution in [0.15, 0.2) is 12.3 Å². The summed E-state index contributed by atoms with van der Waals surface area (Å²) in [5.74, 6) is 0.789. The number of rotatable bonds is 2.